The van der Waals surface area contributed by atoms with Gasteiger partial charge in [0.05, 0.1) is 6.20 Å². The second-order valence-corrected chi connectivity index (χ2v) is 3.13. The maximum absolute atomic E-state index is 11.1. The monoisotopic (exact) mass is 206 g/mol. The fourth-order valence-electron chi connectivity index (χ4n) is 1.24. The van der Waals surface area contributed by atoms with Crippen LogP contribution in [0, 0.1) is 6.92 Å². The molecule has 2 aromatic heterocycles. The molecule has 78 valence electrons. The first-order valence-corrected chi connectivity index (χ1v) is 4.36. The van der Waals surface area contributed by atoms with Gasteiger partial charge in [-0.05, 0) is 6.92 Å². The van der Waals surface area contributed by atoms with Gasteiger partial charge in [0.2, 0.25) is 0 Å². The number of nitrogens with zero attached hydrogens (tertiary/aromatic N) is 4. The summed E-state index contributed by atoms with van der Waals surface area (Å²) in [5.41, 5.74) is 5.88. The number of H-pyrrole nitrogens is 1. The minimum Gasteiger partial charge on any atom is -0.381 e. The lowest BCUT2D eigenvalue weighted by Crippen LogP contribution is -2.15. The van der Waals surface area contributed by atoms with Gasteiger partial charge in [-0.1, -0.05) is 0 Å². The van der Waals surface area contributed by atoms with Crippen molar-refractivity contribution >= 4 is 5.82 Å². The van der Waals surface area contributed by atoms with Crippen LogP contribution in [0.25, 0.3) is 0 Å². The molecular weight excluding hydrogens is 196 g/mol. The molecule has 15 heavy (non-hydrogen) atoms. The van der Waals surface area contributed by atoms with Gasteiger partial charge in [-0.25, -0.2) is 4.98 Å². The second kappa shape index (κ2) is 3.52. The minimum absolute atomic E-state index is 0.183. The quantitative estimate of drug-likeness (QED) is 0.676. The number of aryl methyl sites for hydroxylation is 1. The third kappa shape index (κ3) is 2.19. The fraction of sp³-hybridized carbons (Fsp3) is 0.250. The largest absolute Gasteiger partial charge is 0.381 e. The van der Waals surface area contributed by atoms with Crippen molar-refractivity contribution in [1.82, 2.24) is 25.0 Å². The molecule has 0 aromatic carbocycles. The maximum atomic E-state index is 11.1. The molecule has 2 rings (SSSR count). The number of nitrogens with two attached hydrogens (primary N) is 1. The van der Waals surface area contributed by atoms with Crippen LogP contribution in [-0.2, 0) is 6.54 Å². The van der Waals surface area contributed by atoms with Crippen molar-refractivity contribution in [2.45, 2.75) is 13.5 Å². The van der Waals surface area contributed by atoms with E-state index in [1.165, 1.54) is 17.1 Å². The molecule has 0 spiro atoms. The highest BCUT2D eigenvalue weighted by molar-refractivity contribution is 5.19. The van der Waals surface area contributed by atoms with E-state index in [2.05, 4.69) is 20.2 Å². The van der Waals surface area contributed by atoms with Gasteiger partial charge in [0.1, 0.15) is 12.4 Å². The van der Waals surface area contributed by atoms with Crippen LogP contribution in [0.1, 0.15) is 11.5 Å². The summed E-state index contributed by atoms with van der Waals surface area (Å²) in [6.45, 7) is 2.05. The molecule has 0 bridgehead atoms. The molecule has 0 radical (unpaired) electrons. The molecule has 2 aromatic rings. The molecule has 0 fully saturated rings. The molecule has 3 N–H and O–H groups in total. The van der Waals surface area contributed by atoms with Gasteiger partial charge in [0.25, 0.3) is 5.56 Å². The highest BCUT2D eigenvalue weighted by Gasteiger charge is 2.01. The van der Waals surface area contributed by atoms with Crippen molar-refractivity contribution in [3.05, 3.63) is 34.1 Å². The van der Waals surface area contributed by atoms with Crippen molar-refractivity contribution < 1.29 is 0 Å². The van der Waals surface area contributed by atoms with E-state index in [9.17, 15) is 4.79 Å². The van der Waals surface area contributed by atoms with E-state index < -0.39 is 0 Å². The van der Waals surface area contributed by atoms with Crippen molar-refractivity contribution in [3.8, 4) is 0 Å². The summed E-state index contributed by atoms with van der Waals surface area (Å²) in [7, 11) is 0. The van der Waals surface area contributed by atoms with Gasteiger partial charge >= 0.3 is 0 Å². The number of aromatic amines is 1. The van der Waals surface area contributed by atoms with Crippen LogP contribution in [0.2, 0.25) is 0 Å². The van der Waals surface area contributed by atoms with E-state index in [4.69, 9.17) is 5.73 Å². The average Bonchev–Trinajstić information content (AvgIpc) is 2.49. The van der Waals surface area contributed by atoms with E-state index in [0.717, 1.165) is 0 Å². The smallest absolute Gasteiger partial charge is 0.251 e. The SMILES string of the molecule is Cc1cc(=O)[nH]c(Cn2ncc(N)n2)n1. The summed E-state index contributed by atoms with van der Waals surface area (Å²) >= 11 is 0. The second-order valence-electron chi connectivity index (χ2n) is 3.13. The molecule has 0 unspecified atom stereocenters. The summed E-state index contributed by atoms with van der Waals surface area (Å²) < 4.78 is 0. The summed E-state index contributed by atoms with van der Waals surface area (Å²) in [6, 6.07) is 1.42. The Balaban J connectivity index is 2.28. The van der Waals surface area contributed by atoms with Crippen molar-refractivity contribution in [3.63, 3.8) is 0 Å². The third-order valence-corrected chi connectivity index (χ3v) is 1.76. The molecule has 7 nitrogen and oxygen atoms in total. The van der Waals surface area contributed by atoms with Gasteiger partial charge in [0.15, 0.2) is 5.82 Å². The van der Waals surface area contributed by atoms with Crippen LogP contribution < -0.4 is 11.3 Å². The zero-order valence-electron chi connectivity index (χ0n) is 8.14. The van der Waals surface area contributed by atoms with Gasteiger partial charge in [0, 0.05) is 11.8 Å². The van der Waals surface area contributed by atoms with Crippen molar-refractivity contribution in [1.29, 1.82) is 0 Å². The summed E-state index contributed by atoms with van der Waals surface area (Å²) in [5, 5.41) is 7.78. The highest BCUT2D eigenvalue weighted by Crippen LogP contribution is 1.95. The van der Waals surface area contributed by atoms with Gasteiger partial charge < -0.3 is 10.7 Å². The minimum atomic E-state index is -0.183. The zero-order valence-corrected chi connectivity index (χ0v) is 8.14. The van der Waals surface area contributed by atoms with E-state index in [-0.39, 0.29) is 5.56 Å². The predicted octanol–water partition coefficient (Wildman–Crippen LogP) is -0.700. The Hall–Kier alpha value is -2.18. The number of aromatic nitrogens is 5. The molecule has 0 saturated carbocycles. The maximum Gasteiger partial charge on any atom is 0.251 e. The molecule has 0 atom stereocenters. The van der Waals surface area contributed by atoms with E-state index in [1.807, 2.05) is 0 Å². The third-order valence-electron chi connectivity index (χ3n) is 1.76. The Morgan fingerprint density at radius 2 is 2.40 bits per heavy atom. The van der Waals surface area contributed by atoms with Crippen LogP contribution in [0.15, 0.2) is 17.1 Å². The van der Waals surface area contributed by atoms with Gasteiger partial charge in [-0.15, -0.1) is 5.10 Å². The predicted molar refractivity (Wildman–Crippen MR) is 53.1 cm³/mol. The number of rotatable bonds is 2. The van der Waals surface area contributed by atoms with E-state index in [1.54, 1.807) is 6.92 Å². The Morgan fingerprint density at radius 3 is 3.00 bits per heavy atom. The van der Waals surface area contributed by atoms with Crippen LogP contribution in [0.4, 0.5) is 5.82 Å². The van der Waals surface area contributed by atoms with Crippen LogP contribution in [0.5, 0.6) is 0 Å². The molecule has 0 aliphatic rings. The Kier molecular flexibility index (Phi) is 2.20. The number of nitrogens with one attached hydrogen (secondary N) is 1. The molecule has 0 aliphatic heterocycles. The average molecular weight is 206 g/mol. The molecular formula is C8H10N6O. The molecule has 0 saturated heterocycles. The van der Waals surface area contributed by atoms with Crippen LogP contribution >= 0.6 is 0 Å². The Morgan fingerprint density at radius 1 is 1.60 bits per heavy atom. The molecule has 0 amide bonds. The summed E-state index contributed by atoms with van der Waals surface area (Å²) in [4.78, 5) is 19.2. The zero-order chi connectivity index (χ0) is 10.8. The lowest BCUT2D eigenvalue weighted by atomic mass is 10.4. The number of hydrogen-bond donors (Lipinski definition) is 2. The first-order valence-electron chi connectivity index (χ1n) is 4.36. The summed E-state index contributed by atoms with van der Waals surface area (Å²) in [6.07, 6.45) is 1.44. The Bertz CT molecular complexity index is 528. The lowest BCUT2D eigenvalue weighted by Gasteiger charge is -2.00. The molecule has 7 heteroatoms. The molecule has 2 heterocycles. The highest BCUT2D eigenvalue weighted by atomic mass is 16.1. The molecule has 0 aliphatic carbocycles. The van der Waals surface area contributed by atoms with Crippen molar-refractivity contribution in [2.24, 2.45) is 0 Å². The van der Waals surface area contributed by atoms with Gasteiger partial charge in [-0.2, -0.15) is 9.90 Å². The van der Waals surface area contributed by atoms with Crippen LogP contribution in [0.3, 0.4) is 0 Å². The van der Waals surface area contributed by atoms with Gasteiger partial charge in [-0.3, -0.25) is 4.79 Å². The van der Waals surface area contributed by atoms with E-state index >= 15 is 0 Å². The van der Waals surface area contributed by atoms with E-state index in [0.29, 0.717) is 23.9 Å². The summed E-state index contributed by atoms with van der Waals surface area (Å²) in [5.74, 6) is 0.848. The van der Waals surface area contributed by atoms with Crippen molar-refractivity contribution in [2.75, 3.05) is 5.73 Å². The number of nitrogen functional groups attached to an aromatic ring is 1. The van der Waals surface area contributed by atoms with Crippen LogP contribution in [-0.4, -0.2) is 25.0 Å². The Labute approximate surface area is 85.0 Å². The standard InChI is InChI=1S/C8H10N6O/c1-5-2-8(15)12-7(11-5)4-14-10-3-6(9)13-14/h2-3H,4H2,1H3,(H2,9,13)(H,11,12,15). The first kappa shape index (κ1) is 9.38. The first-order chi connectivity index (χ1) is 7.13. The number of hydrogen-bond acceptors (Lipinski definition) is 5. The lowest BCUT2D eigenvalue weighted by molar-refractivity contribution is 0.569. The number of anilines is 1. The fourth-order valence-corrected chi connectivity index (χ4v) is 1.24. The normalized spacial score (nSPS) is 10.5. The topological polar surface area (TPSA) is 102 Å².